The topological polar surface area (TPSA) is 152 Å². The molecule has 1 aromatic carbocycles. The van der Waals surface area contributed by atoms with E-state index in [1.807, 2.05) is 53.2 Å². The molecule has 1 amide bonds. The van der Waals surface area contributed by atoms with Crippen LogP contribution in [-0.2, 0) is 11.2 Å². The van der Waals surface area contributed by atoms with Gasteiger partial charge in [0.1, 0.15) is 17.6 Å². The van der Waals surface area contributed by atoms with E-state index in [0.29, 0.717) is 34.2 Å². The number of imidazole rings is 1. The predicted octanol–water partition coefficient (Wildman–Crippen LogP) is 3.42. The summed E-state index contributed by atoms with van der Waals surface area (Å²) in [6, 6.07) is 17.0. The predicted molar refractivity (Wildman–Crippen MR) is 145 cm³/mol. The lowest BCUT2D eigenvalue weighted by atomic mass is 10.1. The first-order valence-corrected chi connectivity index (χ1v) is 12.7. The fraction of sp³-hybridized carbons (Fsp3) is 0.143. The number of rotatable bonds is 7. The number of hydrogen-bond acceptors (Lipinski definition) is 9. The van der Waals surface area contributed by atoms with E-state index in [1.165, 1.54) is 6.26 Å². The number of anilines is 1. The van der Waals surface area contributed by atoms with Crippen LogP contribution in [0.5, 0.6) is 5.88 Å². The second-order valence-corrected chi connectivity index (χ2v) is 9.34. The summed E-state index contributed by atoms with van der Waals surface area (Å²) < 4.78 is 13.8. The third-order valence-corrected chi connectivity index (χ3v) is 6.87. The van der Waals surface area contributed by atoms with Crippen LogP contribution >= 0.6 is 0 Å². The van der Waals surface area contributed by atoms with Gasteiger partial charge in [-0.05, 0) is 71.6 Å². The third kappa shape index (κ3) is 4.21. The average Bonchev–Trinajstić information content (AvgIpc) is 3.79. The smallest absolute Gasteiger partial charge is 0.258 e. The summed E-state index contributed by atoms with van der Waals surface area (Å²) in [5, 5.41) is 11.0. The largest absolute Gasteiger partial charge is 0.465 e. The zero-order valence-electron chi connectivity index (χ0n) is 21.1. The van der Waals surface area contributed by atoms with Gasteiger partial charge in [0.05, 0.1) is 11.6 Å². The Morgan fingerprint density at radius 3 is 2.90 bits per heavy atom. The molecule has 0 saturated heterocycles. The highest BCUT2D eigenvalue weighted by molar-refractivity contribution is 5.83. The molecule has 12 heteroatoms. The first kappa shape index (κ1) is 23.6. The number of amides is 1. The van der Waals surface area contributed by atoms with Gasteiger partial charge in [0.2, 0.25) is 0 Å². The van der Waals surface area contributed by atoms with Crippen LogP contribution in [0.25, 0.3) is 34.1 Å². The van der Waals surface area contributed by atoms with Gasteiger partial charge in [-0.2, -0.15) is 5.10 Å². The van der Waals surface area contributed by atoms with Crippen molar-refractivity contribution < 1.29 is 14.1 Å². The van der Waals surface area contributed by atoms with E-state index in [0.717, 1.165) is 29.7 Å². The Bertz CT molecular complexity index is 1830. The SMILES string of the molecule is Nc1ncccc1-c1nc2ccc(-n3cccn3)nc2n1-c1ccc2c(c1)CC[C@@H]2NC(=O)COc1ccon1. The first-order valence-electron chi connectivity index (χ1n) is 12.7. The van der Waals surface area contributed by atoms with Crippen LogP contribution in [0.2, 0.25) is 0 Å². The second-order valence-electron chi connectivity index (χ2n) is 9.34. The van der Waals surface area contributed by atoms with Gasteiger partial charge in [-0.15, -0.1) is 0 Å². The lowest BCUT2D eigenvalue weighted by molar-refractivity contribution is -0.123. The first-order chi connectivity index (χ1) is 19.6. The number of carbonyl (C=O) groups is 1. The van der Waals surface area contributed by atoms with E-state index in [4.69, 9.17) is 25.0 Å². The zero-order chi connectivity index (χ0) is 27.1. The van der Waals surface area contributed by atoms with Crippen LogP contribution in [0.3, 0.4) is 0 Å². The number of benzene rings is 1. The molecule has 0 unspecified atom stereocenters. The summed E-state index contributed by atoms with van der Waals surface area (Å²) in [4.78, 5) is 26.6. The quantitative estimate of drug-likeness (QED) is 0.314. The van der Waals surface area contributed by atoms with E-state index in [9.17, 15) is 4.79 Å². The standard InChI is InChI=1S/C28H23N9O3/c29-26-20(3-1-11-30-26)27-33-22-8-9-23(36-13-2-12-31-36)34-28(22)37(27)18-5-6-19-17(15-18)4-7-21(19)32-24(38)16-39-25-10-14-40-35-25/h1-3,5-6,8-15,21H,4,7,16H2,(H2,29,30)(H,32,38)/t21-/m0/s1. The van der Waals surface area contributed by atoms with Crippen molar-refractivity contribution in [2.24, 2.45) is 0 Å². The lowest BCUT2D eigenvalue weighted by Crippen LogP contribution is -2.31. The van der Waals surface area contributed by atoms with Gasteiger partial charge in [0.15, 0.2) is 23.9 Å². The Morgan fingerprint density at radius 1 is 1.12 bits per heavy atom. The maximum atomic E-state index is 12.5. The summed E-state index contributed by atoms with van der Waals surface area (Å²) in [5.41, 5.74) is 11.4. The second kappa shape index (κ2) is 9.66. The zero-order valence-corrected chi connectivity index (χ0v) is 21.1. The number of pyridine rings is 2. The van der Waals surface area contributed by atoms with Crippen molar-refractivity contribution >= 4 is 22.9 Å². The number of fused-ring (bicyclic) bond motifs is 2. The van der Waals surface area contributed by atoms with E-state index in [1.54, 1.807) is 23.1 Å². The van der Waals surface area contributed by atoms with Crippen LogP contribution in [0.15, 0.2) is 84.0 Å². The minimum Gasteiger partial charge on any atom is -0.465 e. The molecule has 5 heterocycles. The maximum absolute atomic E-state index is 12.5. The number of nitrogens with zero attached hydrogens (tertiary/aromatic N) is 7. The molecule has 3 N–H and O–H groups in total. The van der Waals surface area contributed by atoms with Crippen LogP contribution in [0, 0.1) is 0 Å². The van der Waals surface area contributed by atoms with Gasteiger partial charge in [-0.1, -0.05) is 6.07 Å². The number of aryl methyl sites for hydroxylation is 1. The molecular formula is C28H23N9O3. The Kier molecular flexibility index (Phi) is 5.69. The molecule has 0 saturated carbocycles. The van der Waals surface area contributed by atoms with Crippen molar-refractivity contribution in [3.8, 4) is 28.8 Å². The van der Waals surface area contributed by atoms with Crippen molar-refractivity contribution in [3.63, 3.8) is 0 Å². The fourth-order valence-electron chi connectivity index (χ4n) is 5.06. The molecule has 5 aromatic heterocycles. The Morgan fingerprint density at radius 2 is 2.08 bits per heavy atom. The maximum Gasteiger partial charge on any atom is 0.258 e. The summed E-state index contributed by atoms with van der Waals surface area (Å²) in [5.74, 6) is 1.73. The van der Waals surface area contributed by atoms with Crippen molar-refractivity contribution in [2.75, 3.05) is 12.3 Å². The molecule has 0 spiro atoms. The highest BCUT2D eigenvalue weighted by atomic mass is 16.5. The molecule has 1 aliphatic rings. The molecule has 1 atom stereocenters. The van der Waals surface area contributed by atoms with E-state index in [2.05, 4.69) is 26.6 Å². The van der Waals surface area contributed by atoms with Gasteiger partial charge in [-0.25, -0.2) is 19.6 Å². The Balaban J connectivity index is 1.26. The van der Waals surface area contributed by atoms with Crippen molar-refractivity contribution in [3.05, 3.63) is 90.6 Å². The molecule has 40 heavy (non-hydrogen) atoms. The Labute approximate surface area is 227 Å². The normalized spacial score (nSPS) is 14.3. The molecule has 6 aromatic rings. The molecule has 12 nitrogen and oxygen atoms in total. The number of ether oxygens (including phenoxy) is 1. The number of nitrogens with one attached hydrogen (secondary N) is 1. The minimum atomic E-state index is -0.227. The molecule has 7 rings (SSSR count). The molecule has 0 fully saturated rings. The van der Waals surface area contributed by atoms with E-state index >= 15 is 0 Å². The van der Waals surface area contributed by atoms with Crippen molar-refractivity contribution in [2.45, 2.75) is 18.9 Å². The van der Waals surface area contributed by atoms with E-state index in [-0.39, 0.29) is 24.4 Å². The molecule has 0 bridgehead atoms. The van der Waals surface area contributed by atoms with Crippen molar-refractivity contribution in [1.82, 2.24) is 39.8 Å². The number of aromatic nitrogens is 7. The van der Waals surface area contributed by atoms with Gasteiger partial charge in [0, 0.05) is 30.3 Å². The van der Waals surface area contributed by atoms with Gasteiger partial charge in [0.25, 0.3) is 11.8 Å². The van der Waals surface area contributed by atoms with Gasteiger partial charge < -0.3 is 20.3 Å². The van der Waals surface area contributed by atoms with E-state index < -0.39 is 0 Å². The highest BCUT2D eigenvalue weighted by Crippen LogP contribution is 2.36. The van der Waals surface area contributed by atoms with Crippen molar-refractivity contribution in [1.29, 1.82) is 0 Å². The van der Waals surface area contributed by atoms with Gasteiger partial charge >= 0.3 is 0 Å². The summed E-state index contributed by atoms with van der Waals surface area (Å²) >= 11 is 0. The average molecular weight is 534 g/mol. The van der Waals surface area contributed by atoms with Crippen LogP contribution in [-0.4, -0.2) is 47.0 Å². The molecule has 0 aliphatic heterocycles. The van der Waals surface area contributed by atoms with Crippen LogP contribution < -0.4 is 15.8 Å². The van der Waals surface area contributed by atoms with Gasteiger partial charge in [-0.3, -0.25) is 9.36 Å². The van der Waals surface area contributed by atoms with Crippen LogP contribution in [0.1, 0.15) is 23.6 Å². The summed E-state index contributed by atoms with van der Waals surface area (Å²) in [7, 11) is 0. The number of hydrogen-bond donors (Lipinski definition) is 2. The molecule has 1 aliphatic carbocycles. The monoisotopic (exact) mass is 533 g/mol. The highest BCUT2D eigenvalue weighted by Gasteiger charge is 2.26. The van der Waals surface area contributed by atoms with Crippen LogP contribution in [0.4, 0.5) is 5.82 Å². The molecule has 0 radical (unpaired) electrons. The summed E-state index contributed by atoms with van der Waals surface area (Å²) in [6.07, 6.45) is 8.19. The minimum absolute atomic E-state index is 0.116. The summed E-state index contributed by atoms with van der Waals surface area (Å²) in [6.45, 7) is -0.141. The molecule has 198 valence electrons. The lowest BCUT2D eigenvalue weighted by Gasteiger charge is -2.16. The number of nitrogens with two attached hydrogens (primary N) is 1. The number of carbonyl (C=O) groups excluding carboxylic acids is 1. The number of nitrogen functional groups attached to an aromatic ring is 1. The molecular weight excluding hydrogens is 510 g/mol. The fourth-order valence-corrected chi connectivity index (χ4v) is 5.06. The Hall–Kier alpha value is -5.52. The third-order valence-electron chi connectivity index (χ3n) is 6.87.